The molecule has 2 rings (SSSR count). The molecular weight excluding hydrogens is 347 g/mol. The quantitative estimate of drug-likeness (QED) is 0.789. The number of carbonyl (C=O) groups excluding carboxylic acids is 1. The highest BCUT2D eigenvalue weighted by molar-refractivity contribution is 9.10. The van der Waals surface area contributed by atoms with Gasteiger partial charge in [0, 0.05) is 30.3 Å². The highest BCUT2D eigenvalue weighted by Crippen LogP contribution is 2.15. The molecule has 1 N–H and O–H groups in total. The van der Waals surface area contributed by atoms with E-state index in [-0.39, 0.29) is 11.5 Å². The number of nitrogens with one attached hydrogen (secondary N) is 1. The van der Waals surface area contributed by atoms with Crippen molar-refractivity contribution in [1.29, 1.82) is 0 Å². The van der Waals surface area contributed by atoms with Crippen molar-refractivity contribution in [3.63, 3.8) is 0 Å². The van der Waals surface area contributed by atoms with Gasteiger partial charge in [0.1, 0.15) is 5.82 Å². The van der Waals surface area contributed by atoms with E-state index in [4.69, 9.17) is 0 Å². The molecule has 2 aromatic carbocycles. The molecule has 0 saturated heterocycles. The summed E-state index contributed by atoms with van der Waals surface area (Å²) >= 11 is 3.24. The Balaban J connectivity index is 1.79. The topological polar surface area (TPSA) is 32.3 Å². The number of rotatable bonds is 6. The summed E-state index contributed by atoms with van der Waals surface area (Å²) in [4.78, 5) is 14.1. The molecule has 0 heterocycles. The number of hydrogen-bond donors (Lipinski definition) is 1. The van der Waals surface area contributed by atoms with Crippen molar-refractivity contribution in [1.82, 2.24) is 5.32 Å². The van der Waals surface area contributed by atoms with Crippen molar-refractivity contribution in [2.75, 3.05) is 25.0 Å². The highest BCUT2D eigenvalue weighted by atomic mass is 79.9. The Hall–Kier alpha value is -1.88. The van der Waals surface area contributed by atoms with E-state index in [0.717, 1.165) is 18.7 Å². The largest absolute Gasteiger partial charge is 0.375 e. The molecule has 0 fully saturated rings. The molecule has 116 valence electrons. The van der Waals surface area contributed by atoms with Crippen LogP contribution in [0.25, 0.3) is 0 Å². The first-order chi connectivity index (χ1) is 10.6. The SMILES string of the molecule is CN(CCCNC(=O)c1cc(Br)ccc1F)c1ccccc1. The van der Waals surface area contributed by atoms with Crippen molar-refractivity contribution in [2.24, 2.45) is 0 Å². The van der Waals surface area contributed by atoms with Crippen molar-refractivity contribution in [3.8, 4) is 0 Å². The van der Waals surface area contributed by atoms with Crippen molar-refractivity contribution in [3.05, 3.63) is 64.4 Å². The zero-order chi connectivity index (χ0) is 15.9. The van der Waals surface area contributed by atoms with E-state index >= 15 is 0 Å². The highest BCUT2D eigenvalue weighted by Gasteiger charge is 2.11. The number of anilines is 1. The zero-order valence-electron chi connectivity index (χ0n) is 12.4. The van der Waals surface area contributed by atoms with E-state index in [1.165, 1.54) is 12.1 Å². The molecule has 2 aromatic rings. The van der Waals surface area contributed by atoms with Gasteiger partial charge in [-0.25, -0.2) is 4.39 Å². The molecule has 0 spiro atoms. The summed E-state index contributed by atoms with van der Waals surface area (Å²) in [5.41, 5.74) is 1.19. The van der Waals surface area contributed by atoms with Gasteiger partial charge in [-0.05, 0) is 36.8 Å². The van der Waals surface area contributed by atoms with E-state index in [9.17, 15) is 9.18 Å². The molecule has 0 aromatic heterocycles. The Kier molecular flexibility index (Phi) is 5.95. The van der Waals surface area contributed by atoms with Gasteiger partial charge in [-0.3, -0.25) is 4.79 Å². The molecule has 0 bridgehead atoms. The third kappa shape index (κ3) is 4.56. The first-order valence-corrected chi connectivity index (χ1v) is 7.86. The summed E-state index contributed by atoms with van der Waals surface area (Å²) in [5, 5.41) is 2.75. The Morgan fingerprint density at radius 1 is 1.23 bits per heavy atom. The van der Waals surface area contributed by atoms with Crippen LogP contribution in [0.4, 0.5) is 10.1 Å². The average molecular weight is 365 g/mol. The second-order valence-electron chi connectivity index (χ2n) is 4.99. The van der Waals surface area contributed by atoms with E-state index in [0.29, 0.717) is 11.0 Å². The lowest BCUT2D eigenvalue weighted by Gasteiger charge is -2.19. The summed E-state index contributed by atoms with van der Waals surface area (Å²) in [6.45, 7) is 1.31. The number of benzene rings is 2. The predicted molar refractivity (Wildman–Crippen MR) is 90.8 cm³/mol. The van der Waals surface area contributed by atoms with Crippen molar-refractivity contribution in [2.45, 2.75) is 6.42 Å². The van der Waals surface area contributed by atoms with Crippen LogP contribution in [0.1, 0.15) is 16.8 Å². The van der Waals surface area contributed by atoms with Crippen molar-refractivity contribution < 1.29 is 9.18 Å². The summed E-state index contributed by atoms with van der Waals surface area (Å²) in [5.74, 6) is -0.900. The van der Waals surface area contributed by atoms with Crippen LogP contribution in [-0.2, 0) is 0 Å². The minimum absolute atomic E-state index is 0.0609. The van der Waals surface area contributed by atoms with Gasteiger partial charge < -0.3 is 10.2 Å². The van der Waals surface area contributed by atoms with E-state index in [2.05, 4.69) is 26.1 Å². The molecule has 5 heteroatoms. The maximum absolute atomic E-state index is 13.6. The summed E-state index contributed by atoms with van der Waals surface area (Å²) < 4.78 is 14.3. The van der Waals surface area contributed by atoms with Gasteiger partial charge in [0.25, 0.3) is 5.91 Å². The van der Waals surface area contributed by atoms with Crippen LogP contribution in [0.5, 0.6) is 0 Å². The monoisotopic (exact) mass is 364 g/mol. The number of nitrogens with zero attached hydrogens (tertiary/aromatic N) is 1. The molecule has 0 aliphatic rings. The van der Waals surface area contributed by atoms with Crippen LogP contribution in [0, 0.1) is 5.82 Å². The Labute approximate surface area is 138 Å². The van der Waals surface area contributed by atoms with Crippen LogP contribution in [0.2, 0.25) is 0 Å². The average Bonchev–Trinajstić information content (AvgIpc) is 2.54. The van der Waals surface area contributed by atoms with E-state index < -0.39 is 5.82 Å². The first kappa shape index (κ1) is 16.5. The maximum atomic E-state index is 13.6. The number of para-hydroxylation sites is 1. The standard InChI is InChI=1S/C17H18BrFN2O/c1-21(14-6-3-2-4-7-14)11-5-10-20-17(22)15-12-13(18)8-9-16(15)19/h2-4,6-9,12H,5,10-11H2,1H3,(H,20,22). The number of halogens is 2. The summed E-state index contributed by atoms with van der Waals surface area (Å²) in [6.07, 6.45) is 0.784. The van der Waals surface area contributed by atoms with Crippen molar-refractivity contribution >= 4 is 27.5 Å². The molecule has 0 atom stereocenters. The normalized spacial score (nSPS) is 10.3. The van der Waals surface area contributed by atoms with Gasteiger partial charge in [-0.2, -0.15) is 0 Å². The Morgan fingerprint density at radius 2 is 1.95 bits per heavy atom. The lowest BCUT2D eigenvalue weighted by Crippen LogP contribution is -2.28. The van der Waals surface area contributed by atoms with Crippen LogP contribution in [-0.4, -0.2) is 26.0 Å². The first-order valence-electron chi connectivity index (χ1n) is 7.07. The molecule has 0 aliphatic carbocycles. The fraction of sp³-hybridized carbons (Fsp3) is 0.235. The smallest absolute Gasteiger partial charge is 0.254 e. The Morgan fingerprint density at radius 3 is 2.68 bits per heavy atom. The van der Waals surface area contributed by atoms with Crippen LogP contribution in [0.15, 0.2) is 53.0 Å². The molecule has 3 nitrogen and oxygen atoms in total. The number of carbonyl (C=O) groups is 1. The minimum Gasteiger partial charge on any atom is -0.375 e. The molecule has 0 radical (unpaired) electrons. The Bertz CT molecular complexity index is 634. The van der Waals surface area contributed by atoms with Gasteiger partial charge in [-0.15, -0.1) is 0 Å². The maximum Gasteiger partial charge on any atom is 0.254 e. The summed E-state index contributed by atoms with van der Waals surface area (Å²) in [6, 6.07) is 14.4. The predicted octanol–water partition coefficient (Wildman–Crippen LogP) is 3.84. The van der Waals surface area contributed by atoms with E-state index in [1.807, 2.05) is 37.4 Å². The van der Waals surface area contributed by atoms with Gasteiger partial charge in [-0.1, -0.05) is 34.1 Å². The van der Waals surface area contributed by atoms with Gasteiger partial charge in [0.2, 0.25) is 0 Å². The number of amides is 1. The number of hydrogen-bond acceptors (Lipinski definition) is 2. The minimum atomic E-state index is -0.512. The van der Waals surface area contributed by atoms with Crippen LogP contribution < -0.4 is 10.2 Å². The van der Waals surface area contributed by atoms with Crippen LogP contribution >= 0.6 is 15.9 Å². The molecular formula is C17H18BrFN2O. The fourth-order valence-electron chi connectivity index (χ4n) is 2.10. The zero-order valence-corrected chi connectivity index (χ0v) is 13.9. The second kappa shape index (κ2) is 7.94. The molecule has 22 heavy (non-hydrogen) atoms. The second-order valence-corrected chi connectivity index (χ2v) is 5.91. The third-order valence-electron chi connectivity index (χ3n) is 3.33. The lowest BCUT2D eigenvalue weighted by molar-refractivity contribution is 0.0949. The van der Waals surface area contributed by atoms with E-state index in [1.54, 1.807) is 6.07 Å². The molecule has 1 amide bonds. The fourth-order valence-corrected chi connectivity index (χ4v) is 2.46. The van der Waals surface area contributed by atoms with Crippen LogP contribution in [0.3, 0.4) is 0 Å². The molecule has 0 aliphatic heterocycles. The lowest BCUT2D eigenvalue weighted by atomic mass is 10.2. The van der Waals surface area contributed by atoms with Gasteiger partial charge >= 0.3 is 0 Å². The molecule has 0 unspecified atom stereocenters. The molecule has 0 saturated carbocycles. The summed E-state index contributed by atoms with van der Waals surface area (Å²) in [7, 11) is 2.01. The van der Waals surface area contributed by atoms with Gasteiger partial charge in [0.15, 0.2) is 0 Å². The van der Waals surface area contributed by atoms with Gasteiger partial charge in [0.05, 0.1) is 5.56 Å². The third-order valence-corrected chi connectivity index (χ3v) is 3.82.